The van der Waals surface area contributed by atoms with Crippen LogP contribution in [0.5, 0.6) is 11.5 Å². The fraction of sp³-hybridized carbons (Fsp3) is 0.519. The lowest BCUT2D eigenvalue weighted by Gasteiger charge is -2.50. The van der Waals surface area contributed by atoms with Crippen molar-refractivity contribution in [3.8, 4) is 11.5 Å². The molecule has 0 spiro atoms. The van der Waals surface area contributed by atoms with E-state index in [4.69, 9.17) is 10.5 Å². The molecule has 0 unspecified atom stereocenters. The molecular formula is C27H32F3N3O8. The average Bonchev–Trinajstić information content (AvgIpc) is 2.84. The van der Waals surface area contributed by atoms with Crippen molar-refractivity contribution in [1.82, 2.24) is 9.80 Å². The maximum Gasteiger partial charge on any atom is 0.401 e. The molecule has 0 aliphatic heterocycles. The van der Waals surface area contributed by atoms with Crippen molar-refractivity contribution in [2.75, 3.05) is 34.3 Å². The van der Waals surface area contributed by atoms with Crippen LogP contribution in [0, 0.1) is 11.8 Å². The van der Waals surface area contributed by atoms with Gasteiger partial charge >= 0.3 is 6.18 Å². The summed E-state index contributed by atoms with van der Waals surface area (Å²) in [5.74, 6) is -7.83. The van der Waals surface area contributed by atoms with Crippen LogP contribution in [-0.4, -0.2) is 99.8 Å². The van der Waals surface area contributed by atoms with Gasteiger partial charge in [0, 0.05) is 29.2 Å². The second-order valence-electron chi connectivity index (χ2n) is 10.8. The van der Waals surface area contributed by atoms with Crippen molar-refractivity contribution in [3.05, 3.63) is 39.7 Å². The Bertz CT molecular complexity index is 1390. The number of nitrogens with two attached hydrogens (primary N) is 1. The molecule has 1 aromatic carbocycles. The Balaban J connectivity index is 1.89. The number of ether oxygens (including phenoxy) is 1. The van der Waals surface area contributed by atoms with Crippen LogP contribution in [0.3, 0.4) is 0 Å². The highest BCUT2D eigenvalue weighted by atomic mass is 19.4. The molecule has 224 valence electrons. The molecule has 0 bridgehead atoms. The molecule has 1 amide bonds. The number of phenols is 1. The molecule has 11 nitrogen and oxygen atoms in total. The number of carbonyl (C=O) groups is 3. The average molecular weight is 584 g/mol. The quantitative estimate of drug-likeness (QED) is 0.295. The number of carbonyl (C=O) groups excluding carboxylic acids is 3. The number of amides is 1. The van der Waals surface area contributed by atoms with E-state index in [1.807, 2.05) is 0 Å². The van der Waals surface area contributed by atoms with E-state index < -0.39 is 76.5 Å². The first-order valence-corrected chi connectivity index (χ1v) is 12.8. The largest absolute Gasteiger partial charge is 0.508 e. The van der Waals surface area contributed by atoms with Crippen molar-refractivity contribution in [3.63, 3.8) is 0 Å². The number of benzene rings is 1. The number of aromatic hydroxyl groups is 1. The van der Waals surface area contributed by atoms with Crippen molar-refractivity contribution < 1.29 is 52.7 Å². The number of alkyl halides is 3. The number of aliphatic hydroxyl groups is 3. The van der Waals surface area contributed by atoms with Gasteiger partial charge in [0.15, 0.2) is 11.4 Å². The number of aliphatic hydroxyl groups excluding tert-OH is 2. The van der Waals surface area contributed by atoms with Gasteiger partial charge in [-0.15, -0.1) is 0 Å². The first kappa shape index (κ1) is 30.3. The molecule has 6 N–H and O–H groups in total. The molecular weight excluding hydrogens is 551 g/mol. The van der Waals surface area contributed by atoms with Crippen molar-refractivity contribution in [2.24, 2.45) is 17.6 Å². The van der Waals surface area contributed by atoms with Gasteiger partial charge in [-0.1, -0.05) is 6.92 Å². The topological polar surface area (TPSA) is 174 Å². The number of methoxy groups -OCH3 is 1. The standard InChI is InChI=1S/C27H32F3N3O8/c1-5-33(10-26(28,29)30)9-12-8-15(34)17-13(22(12)41-4)6-11-7-14-19(32(2)3)21(36)18(25(31)39)24(38)27(14,40)23(37)16(11)20(17)35/h8,11,14,19,34-35,38,40H,5-7,9-10H2,1-4H3,(H2,31,39)/t11-,14-,19-,27-/m0/s1. The highest BCUT2D eigenvalue weighted by Gasteiger charge is 2.64. The third-order valence-electron chi connectivity index (χ3n) is 8.20. The van der Waals surface area contributed by atoms with E-state index in [9.17, 15) is 48.0 Å². The summed E-state index contributed by atoms with van der Waals surface area (Å²) in [7, 11) is 4.26. The number of nitrogens with zero attached hydrogens (tertiary/aromatic N) is 2. The van der Waals surface area contributed by atoms with E-state index in [1.54, 1.807) is 6.92 Å². The number of likely N-dealkylation sites (N-methyl/N-ethyl adjacent to an activating group) is 1. The van der Waals surface area contributed by atoms with Gasteiger partial charge in [0.1, 0.15) is 28.6 Å². The Hall–Kier alpha value is -3.62. The third-order valence-corrected chi connectivity index (χ3v) is 8.20. The fourth-order valence-electron chi connectivity index (χ4n) is 6.50. The Morgan fingerprint density at radius 2 is 1.85 bits per heavy atom. The predicted octanol–water partition coefficient (Wildman–Crippen LogP) is 1.36. The second kappa shape index (κ2) is 10.3. The van der Waals surface area contributed by atoms with Crippen LogP contribution in [0.2, 0.25) is 0 Å². The zero-order valence-electron chi connectivity index (χ0n) is 22.9. The van der Waals surface area contributed by atoms with Gasteiger partial charge in [-0.25, -0.2) is 0 Å². The molecule has 0 heterocycles. The zero-order chi connectivity index (χ0) is 30.8. The maximum atomic E-state index is 13.9. The molecule has 3 aliphatic rings. The molecule has 41 heavy (non-hydrogen) atoms. The molecule has 14 heteroatoms. The lowest BCUT2D eigenvalue weighted by atomic mass is 9.57. The van der Waals surface area contributed by atoms with Crippen LogP contribution >= 0.6 is 0 Å². The van der Waals surface area contributed by atoms with Crippen molar-refractivity contribution in [2.45, 2.75) is 44.1 Å². The van der Waals surface area contributed by atoms with Gasteiger partial charge in [-0.05, 0) is 45.5 Å². The Kier molecular flexibility index (Phi) is 7.65. The first-order valence-electron chi connectivity index (χ1n) is 12.8. The second-order valence-corrected chi connectivity index (χ2v) is 10.8. The van der Waals surface area contributed by atoms with Crippen LogP contribution in [0.1, 0.15) is 30.0 Å². The smallest absolute Gasteiger partial charge is 0.401 e. The first-order chi connectivity index (χ1) is 19.0. The highest BCUT2D eigenvalue weighted by molar-refractivity contribution is 6.24. The fourth-order valence-corrected chi connectivity index (χ4v) is 6.50. The number of Topliss-reactive ketones (excluding diaryl/α,β-unsaturated/α-hetero) is 2. The summed E-state index contributed by atoms with van der Waals surface area (Å²) in [6.07, 6.45) is -4.65. The summed E-state index contributed by atoms with van der Waals surface area (Å²) >= 11 is 0. The molecule has 1 saturated carbocycles. The molecule has 0 aromatic heterocycles. The summed E-state index contributed by atoms with van der Waals surface area (Å²) in [6.45, 7) is 0.139. The molecule has 4 rings (SSSR count). The third kappa shape index (κ3) is 4.73. The van der Waals surface area contributed by atoms with Crippen LogP contribution < -0.4 is 10.5 Å². The van der Waals surface area contributed by atoms with E-state index in [1.165, 1.54) is 26.1 Å². The summed E-state index contributed by atoms with van der Waals surface area (Å²) in [6, 6.07) is -0.0997. The molecule has 0 saturated heterocycles. The van der Waals surface area contributed by atoms with Crippen molar-refractivity contribution in [1.29, 1.82) is 0 Å². The molecule has 4 atom stereocenters. The van der Waals surface area contributed by atoms with Crippen LogP contribution in [0.4, 0.5) is 13.2 Å². The van der Waals surface area contributed by atoms with E-state index in [0.29, 0.717) is 0 Å². The van der Waals surface area contributed by atoms with Crippen LogP contribution in [0.25, 0.3) is 5.76 Å². The number of rotatable bonds is 7. The number of phenolic OH excluding ortho intramolecular Hbond substituents is 1. The summed E-state index contributed by atoms with van der Waals surface area (Å²) < 4.78 is 44.8. The van der Waals surface area contributed by atoms with Gasteiger partial charge in [0.2, 0.25) is 5.78 Å². The van der Waals surface area contributed by atoms with Gasteiger partial charge in [-0.3, -0.25) is 24.2 Å². The molecule has 1 aromatic rings. The number of ketones is 2. The molecule has 0 radical (unpaired) electrons. The maximum absolute atomic E-state index is 13.9. The zero-order valence-corrected chi connectivity index (χ0v) is 22.9. The van der Waals surface area contributed by atoms with Gasteiger partial charge in [0.05, 0.1) is 25.3 Å². The number of hydrogen-bond donors (Lipinski definition) is 5. The minimum Gasteiger partial charge on any atom is -0.508 e. The summed E-state index contributed by atoms with van der Waals surface area (Å²) in [4.78, 5) is 41.6. The van der Waals surface area contributed by atoms with Crippen LogP contribution in [-0.2, 0) is 27.3 Å². The minimum absolute atomic E-state index is 0.0391. The van der Waals surface area contributed by atoms with E-state index in [-0.39, 0.29) is 53.9 Å². The number of hydrogen-bond acceptors (Lipinski definition) is 10. The van der Waals surface area contributed by atoms with Gasteiger partial charge < -0.3 is 30.9 Å². The van der Waals surface area contributed by atoms with Gasteiger partial charge in [0.25, 0.3) is 5.91 Å². The Morgan fingerprint density at radius 1 is 1.22 bits per heavy atom. The van der Waals surface area contributed by atoms with E-state index in [2.05, 4.69) is 0 Å². The summed E-state index contributed by atoms with van der Waals surface area (Å²) in [5.41, 5.74) is 1.52. The molecule has 3 aliphatic carbocycles. The highest BCUT2D eigenvalue weighted by Crippen LogP contribution is 2.54. The van der Waals surface area contributed by atoms with E-state index >= 15 is 0 Å². The SMILES string of the molecule is CCN(Cc1cc(O)c2c(c1OC)C[C@H]1C[C@H]3[C@H](N(C)C)C(=O)C(C(N)=O)=C(O)[C@@]3(O)C(=O)C1=C2O)CC(F)(F)F. The lowest BCUT2D eigenvalue weighted by Crippen LogP contribution is -2.65. The normalized spacial score (nSPS) is 26.3. The minimum atomic E-state index is -4.47. The predicted molar refractivity (Wildman–Crippen MR) is 138 cm³/mol. The Labute approximate surface area is 233 Å². The number of fused-ring (bicyclic) bond motifs is 3. The molecule has 1 fully saturated rings. The Morgan fingerprint density at radius 3 is 2.37 bits per heavy atom. The van der Waals surface area contributed by atoms with Crippen LogP contribution in [0.15, 0.2) is 23.0 Å². The number of primary amides is 1. The van der Waals surface area contributed by atoms with Gasteiger partial charge in [-0.2, -0.15) is 13.2 Å². The van der Waals surface area contributed by atoms with Crippen molar-refractivity contribution >= 4 is 23.2 Å². The lowest BCUT2D eigenvalue weighted by molar-refractivity contribution is -0.153. The monoisotopic (exact) mass is 583 g/mol. The number of halogens is 3. The summed E-state index contributed by atoms with van der Waals surface area (Å²) in [5, 5.41) is 44.7. The van der Waals surface area contributed by atoms with E-state index in [0.717, 1.165) is 11.0 Å².